The number of aryl methyl sites for hydroxylation is 1. The summed E-state index contributed by atoms with van der Waals surface area (Å²) in [5.74, 6) is 0.0443. The molecule has 2 atom stereocenters. The minimum absolute atomic E-state index is 0.00168. The van der Waals surface area contributed by atoms with Crippen molar-refractivity contribution in [3.05, 3.63) is 48.0 Å². The summed E-state index contributed by atoms with van der Waals surface area (Å²) >= 11 is 0. The zero-order valence-electron chi connectivity index (χ0n) is 18.3. The van der Waals surface area contributed by atoms with E-state index >= 15 is 0 Å². The second-order valence-corrected chi connectivity index (χ2v) is 7.79. The third-order valence-corrected chi connectivity index (χ3v) is 5.05. The number of morpholine rings is 1. The predicted molar refractivity (Wildman–Crippen MR) is 116 cm³/mol. The van der Waals surface area contributed by atoms with Crippen molar-refractivity contribution in [2.24, 2.45) is 0 Å². The van der Waals surface area contributed by atoms with Gasteiger partial charge in [-0.15, -0.1) is 5.10 Å². The van der Waals surface area contributed by atoms with Crippen LogP contribution in [-0.2, 0) is 4.74 Å². The topological polar surface area (TPSA) is 85.3 Å². The van der Waals surface area contributed by atoms with Gasteiger partial charge < -0.3 is 19.7 Å². The molecule has 0 aliphatic carbocycles. The number of benzene rings is 1. The van der Waals surface area contributed by atoms with Crippen LogP contribution in [0.4, 0.5) is 30.8 Å². The quantitative estimate of drug-likeness (QED) is 0.582. The third kappa shape index (κ3) is 5.48. The molecule has 174 valence electrons. The van der Waals surface area contributed by atoms with Crippen molar-refractivity contribution in [1.82, 2.24) is 20.2 Å². The number of hydrogen-bond acceptors (Lipinski definition) is 8. The molecule has 0 saturated carbocycles. The zero-order valence-corrected chi connectivity index (χ0v) is 18.3. The van der Waals surface area contributed by atoms with Crippen LogP contribution < -0.4 is 15.0 Å². The molecular formula is C22H23F3N6O2. The van der Waals surface area contributed by atoms with Crippen molar-refractivity contribution >= 4 is 17.6 Å². The lowest BCUT2D eigenvalue weighted by atomic mass is 10.1. The minimum Gasteiger partial charge on any atom is -0.435 e. The van der Waals surface area contributed by atoms with Crippen molar-refractivity contribution in [3.8, 4) is 16.9 Å². The van der Waals surface area contributed by atoms with Crippen LogP contribution in [0.25, 0.3) is 11.1 Å². The van der Waals surface area contributed by atoms with Crippen molar-refractivity contribution in [2.75, 3.05) is 23.3 Å². The number of anilines is 3. The first kappa shape index (κ1) is 22.7. The lowest BCUT2D eigenvalue weighted by Gasteiger charge is -2.35. The summed E-state index contributed by atoms with van der Waals surface area (Å²) in [7, 11) is 0. The SMILES string of the molecule is Cc1nnc(Nc2nc(N3CC(C)OC(C)C3)ncc2F)cc1-c1ccc(OC(F)F)cc1. The molecule has 1 aliphatic rings. The molecule has 0 bridgehead atoms. The molecule has 11 heteroatoms. The number of nitrogens with one attached hydrogen (secondary N) is 1. The van der Waals surface area contributed by atoms with Crippen LogP contribution in [0.3, 0.4) is 0 Å². The summed E-state index contributed by atoms with van der Waals surface area (Å²) in [5, 5.41) is 11.1. The third-order valence-electron chi connectivity index (χ3n) is 5.05. The molecule has 1 fully saturated rings. The van der Waals surface area contributed by atoms with Gasteiger partial charge in [-0.3, -0.25) is 0 Å². The first-order valence-corrected chi connectivity index (χ1v) is 10.4. The number of ether oxygens (including phenoxy) is 2. The average molecular weight is 460 g/mol. The molecule has 3 heterocycles. The van der Waals surface area contributed by atoms with E-state index in [-0.39, 0.29) is 29.6 Å². The Morgan fingerprint density at radius 1 is 1.12 bits per heavy atom. The Morgan fingerprint density at radius 2 is 1.82 bits per heavy atom. The van der Waals surface area contributed by atoms with Crippen LogP contribution in [-0.4, -0.2) is 52.1 Å². The first-order chi connectivity index (χ1) is 15.8. The second-order valence-electron chi connectivity index (χ2n) is 7.79. The fourth-order valence-corrected chi connectivity index (χ4v) is 3.68. The lowest BCUT2D eigenvalue weighted by Crippen LogP contribution is -2.46. The van der Waals surface area contributed by atoms with Gasteiger partial charge in [-0.25, -0.2) is 9.37 Å². The zero-order chi connectivity index (χ0) is 23.5. The monoisotopic (exact) mass is 460 g/mol. The average Bonchev–Trinajstić information content (AvgIpc) is 2.76. The summed E-state index contributed by atoms with van der Waals surface area (Å²) in [6.45, 7) is 3.97. The van der Waals surface area contributed by atoms with Gasteiger partial charge in [0.05, 0.1) is 24.1 Å². The Hall–Kier alpha value is -3.47. The Kier molecular flexibility index (Phi) is 6.59. The molecule has 1 aliphatic heterocycles. The van der Waals surface area contributed by atoms with Gasteiger partial charge in [0.25, 0.3) is 0 Å². The van der Waals surface area contributed by atoms with Gasteiger partial charge in [0.1, 0.15) is 5.75 Å². The van der Waals surface area contributed by atoms with Gasteiger partial charge in [-0.2, -0.15) is 18.9 Å². The summed E-state index contributed by atoms with van der Waals surface area (Å²) in [5.41, 5.74) is 2.03. The number of rotatable bonds is 6. The van der Waals surface area contributed by atoms with Gasteiger partial charge >= 0.3 is 6.61 Å². The Balaban J connectivity index is 1.57. The molecule has 0 radical (unpaired) electrons. The number of hydrogen-bond donors (Lipinski definition) is 1. The largest absolute Gasteiger partial charge is 0.435 e. The van der Waals surface area contributed by atoms with Crippen molar-refractivity contribution in [1.29, 1.82) is 0 Å². The van der Waals surface area contributed by atoms with E-state index in [1.165, 1.54) is 12.1 Å². The summed E-state index contributed by atoms with van der Waals surface area (Å²) in [6.07, 6.45) is 1.11. The molecule has 8 nitrogen and oxygen atoms in total. The summed E-state index contributed by atoms with van der Waals surface area (Å²) in [4.78, 5) is 10.4. The van der Waals surface area contributed by atoms with Gasteiger partial charge in [0.2, 0.25) is 5.95 Å². The molecule has 2 unspecified atom stereocenters. The highest BCUT2D eigenvalue weighted by Crippen LogP contribution is 2.28. The van der Waals surface area contributed by atoms with Crippen LogP contribution in [0.15, 0.2) is 36.5 Å². The van der Waals surface area contributed by atoms with Crippen LogP contribution in [0.1, 0.15) is 19.5 Å². The van der Waals surface area contributed by atoms with Gasteiger partial charge in [0.15, 0.2) is 17.5 Å². The van der Waals surface area contributed by atoms with Crippen LogP contribution in [0.5, 0.6) is 5.75 Å². The summed E-state index contributed by atoms with van der Waals surface area (Å²) < 4.78 is 49.4. The fraction of sp³-hybridized carbons (Fsp3) is 0.364. The molecule has 0 spiro atoms. The number of nitrogens with zero attached hydrogens (tertiary/aromatic N) is 5. The second kappa shape index (κ2) is 9.57. The normalized spacial score (nSPS) is 18.5. The maximum atomic E-state index is 14.5. The molecule has 33 heavy (non-hydrogen) atoms. The maximum Gasteiger partial charge on any atom is 0.387 e. The molecule has 0 amide bonds. The van der Waals surface area contributed by atoms with Crippen molar-refractivity contribution in [2.45, 2.75) is 39.6 Å². The predicted octanol–water partition coefficient (Wildman–Crippen LogP) is 4.34. The van der Waals surface area contributed by atoms with E-state index in [9.17, 15) is 13.2 Å². The Bertz CT molecular complexity index is 1110. The number of alkyl halides is 2. The maximum absolute atomic E-state index is 14.5. The van der Waals surface area contributed by atoms with Crippen LogP contribution in [0.2, 0.25) is 0 Å². The molecular weight excluding hydrogens is 437 g/mol. The Labute approximate surface area is 188 Å². The van der Waals surface area contributed by atoms with Crippen molar-refractivity contribution in [3.63, 3.8) is 0 Å². The standard InChI is InChI=1S/C22H23F3N6O2/c1-12-10-31(11-13(2)32-12)22-26-9-18(23)20(28-22)27-19-8-17(14(3)29-30-19)15-4-6-16(7-5-15)33-21(24)25/h4-9,12-13,21H,10-11H2,1-3H3,(H,26,27,28,30). The molecule has 1 N–H and O–H groups in total. The van der Waals surface area contributed by atoms with Gasteiger partial charge in [0, 0.05) is 18.7 Å². The van der Waals surface area contributed by atoms with Crippen LogP contribution in [0, 0.1) is 12.7 Å². The van der Waals surface area contributed by atoms with E-state index in [4.69, 9.17) is 4.74 Å². The van der Waals surface area contributed by atoms with E-state index in [1.54, 1.807) is 25.1 Å². The molecule has 2 aromatic heterocycles. The van der Waals surface area contributed by atoms with E-state index in [1.807, 2.05) is 18.7 Å². The summed E-state index contributed by atoms with van der Waals surface area (Å²) in [6, 6.07) is 7.83. The smallest absolute Gasteiger partial charge is 0.387 e. The molecule has 4 rings (SSSR count). The van der Waals surface area contributed by atoms with E-state index < -0.39 is 12.4 Å². The van der Waals surface area contributed by atoms with Gasteiger partial charge in [-0.05, 0) is 44.5 Å². The minimum atomic E-state index is -2.90. The van der Waals surface area contributed by atoms with Crippen LogP contribution >= 0.6 is 0 Å². The lowest BCUT2D eigenvalue weighted by molar-refractivity contribution is -0.0498. The molecule has 3 aromatic rings. The van der Waals surface area contributed by atoms with E-state index in [0.717, 1.165) is 6.20 Å². The molecule has 1 aromatic carbocycles. The van der Waals surface area contributed by atoms with E-state index in [2.05, 4.69) is 30.2 Å². The van der Waals surface area contributed by atoms with Gasteiger partial charge in [-0.1, -0.05) is 12.1 Å². The first-order valence-electron chi connectivity index (χ1n) is 10.4. The Morgan fingerprint density at radius 3 is 2.48 bits per heavy atom. The highest BCUT2D eigenvalue weighted by atomic mass is 19.3. The number of aromatic nitrogens is 4. The molecule has 1 saturated heterocycles. The highest BCUT2D eigenvalue weighted by molar-refractivity contribution is 5.70. The highest BCUT2D eigenvalue weighted by Gasteiger charge is 2.25. The fourth-order valence-electron chi connectivity index (χ4n) is 3.68. The number of halogens is 3. The van der Waals surface area contributed by atoms with E-state index in [0.29, 0.717) is 35.9 Å². The van der Waals surface area contributed by atoms with Crippen molar-refractivity contribution < 1.29 is 22.6 Å².